The fourth-order valence-corrected chi connectivity index (χ4v) is 2.35. The summed E-state index contributed by atoms with van der Waals surface area (Å²) in [7, 11) is 0. The molecule has 0 radical (unpaired) electrons. The molecule has 0 aromatic carbocycles. The van der Waals surface area contributed by atoms with Gasteiger partial charge >= 0.3 is 0 Å². The Morgan fingerprint density at radius 3 is 2.27 bits per heavy atom. The van der Waals surface area contributed by atoms with Crippen LogP contribution in [0.3, 0.4) is 0 Å². The number of fused-ring (bicyclic) bond motifs is 2. The summed E-state index contributed by atoms with van der Waals surface area (Å²) in [6, 6.07) is 0.900. The average molecular weight is 157 g/mol. The molecule has 0 saturated carbocycles. The van der Waals surface area contributed by atoms with E-state index in [9.17, 15) is 5.11 Å². The van der Waals surface area contributed by atoms with E-state index in [1.165, 1.54) is 0 Å². The Labute approximate surface area is 66.4 Å². The Bertz CT molecular complexity index is 148. The third-order valence-electron chi connectivity index (χ3n) is 2.88. The van der Waals surface area contributed by atoms with Gasteiger partial charge < -0.3 is 15.5 Å². The van der Waals surface area contributed by atoms with Crippen molar-refractivity contribution in [3.63, 3.8) is 0 Å². The highest BCUT2D eigenvalue weighted by molar-refractivity contribution is 4.99. The number of aliphatic hydroxyl groups excluding tert-OH is 1. The molecule has 2 fully saturated rings. The quantitative estimate of drug-likeness (QED) is 0.486. The predicted octanol–water partition coefficient (Wildman–Crippen LogP) is -0.376. The van der Waals surface area contributed by atoms with E-state index in [0.29, 0.717) is 12.1 Å². The minimum atomic E-state index is -0.781. The zero-order valence-corrected chi connectivity index (χ0v) is 6.58. The number of piperidine rings is 1. The van der Waals surface area contributed by atoms with Crippen molar-refractivity contribution in [3.05, 3.63) is 0 Å². The molecule has 0 aromatic rings. The SMILES string of the molecule is OCC1(O)CC2CCC(C1)N2. The minimum absolute atomic E-state index is 0.0817. The third-order valence-corrected chi connectivity index (χ3v) is 2.88. The largest absolute Gasteiger partial charge is 0.393 e. The lowest BCUT2D eigenvalue weighted by molar-refractivity contribution is -0.0498. The second-order valence-electron chi connectivity index (χ2n) is 3.93. The van der Waals surface area contributed by atoms with Gasteiger partial charge in [-0.3, -0.25) is 0 Å². The molecule has 64 valence electrons. The van der Waals surface area contributed by atoms with Gasteiger partial charge in [0.05, 0.1) is 12.2 Å². The highest BCUT2D eigenvalue weighted by Crippen LogP contribution is 2.33. The van der Waals surface area contributed by atoms with Gasteiger partial charge in [0.15, 0.2) is 0 Å². The molecule has 3 heteroatoms. The van der Waals surface area contributed by atoms with Gasteiger partial charge in [0.1, 0.15) is 0 Å². The van der Waals surface area contributed by atoms with Crippen molar-refractivity contribution in [1.29, 1.82) is 0 Å². The first-order valence-corrected chi connectivity index (χ1v) is 4.31. The number of rotatable bonds is 1. The van der Waals surface area contributed by atoms with Crippen LogP contribution in [0.2, 0.25) is 0 Å². The molecule has 2 heterocycles. The second kappa shape index (κ2) is 2.44. The van der Waals surface area contributed by atoms with Gasteiger partial charge in [0.2, 0.25) is 0 Å². The maximum absolute atomic E-state index is 9.77. The van der Waals surface area contributed by atoms with E-state index in [2.05, 4.69) is 5.32 Å². The molecule has 0 aliphatic carbocycles. The fourth-order valence-electron chi connectivity index (χ4n) is 2.35. The van der Waals surface area contributed by atoms with E-state index in [1.807, 2.05) is 0 Å². The van der Waals surface area contributed by atoms with Crippen molar-refractivity contribution in [3.8, 4) is 0 Å². The highest BCUT2D eigenvalue weighted by Gasteiger charge is 2.41. The van der Waals surface area contributed by atoms with E-state index < -0.39 is 5.60 Å². The fraction of sp³-hybridized carbons (Fsp3) is 1.00. The van der Waals surface area contributed by atoms with Crippen LogP contribution in [0.25, 0.3) is 0 Å². The predicted molar refractivity (Wildman–Crippen MR) is 41.2 cm³/mol. The smallest absolute Gasteiger partial charge is 0.0907 e. The molecule has 0 amide bonds. The zero-order chi connectivity index (χ0) is 7.90. The number of aliphatic hydroxyl groups is 2. The first kappa shape index (κ1) is 7.53. The van der Waals surface area contributed by atoms with E-state index in [1.54, 1.807) is 0 Å². The van der Waals surface area contributed by atoms with Crippen molar-refractivity contribution >= 4 is 0 Å². The van der Waals surface area contributed by atoms with Crippen LogP contribution in [0.15, 0.2) is 0 Å². The topological polar surface area (TPSA) is 52.5 Å². The van der Waals surface area contributed by atoms with Crippen LogP contribution in [0.4, 0.5) is 0 Å². The zero-order valence-electron chi connectivity index (χ0n) is 6.58. The molecule has 2 bridgehead atoms. The summed E-state index contributed by atoms with van der Waals surface area (Å²) in [6.45, 7) is -0.0817. The summed E-state index contributed by atoms with van der Waals surface area (Å²) in [5.74, 6) is 0. The van der Waals surface area contributed by atoms with Gasteiger partial charge in [0, 0.05) is 12.1 Å². The van der Waals surface area contributed by atoms with E-state index >= 15 is 0 Å². The Morgan fingerprint density at radius 2 is 1.82 bits per heavy atom. The van der Waals surface area contributed by atoms with Gasteiger partial charge in [-0.1, -0.05) is 0 Å². The molecule has 2 aliphatic heterocycles. The third kappa shape index (κ3) is 1.28. The van der Waals surface area contributed by atoms with Gasteiger partial charge in [-0.15, -0.1) is 0 Å². The number of hydrogen-bond donors (Lipinski definition) is 3. The second-order valence-corrected chi connectivity index (χ2v) is 3.93. The molecule has 3 nitrogen and oxygen atoms in total. The summed E-state index contributed by atoms with van der Waals surface area (Å²) >= 11 is 0. The highest BCUT2D eigenvalue weighted by atomic mass is 16.3. The lowest BCUT2D eigenvalue weighted by Crippen LogP contribution is -2.50. The monoisotopic (exact) mass is 157 g/mol. The molecule has 2 saturated heterocycles. The maximum Gasteiger partial charge on any atom is 0.0907 e. The first-order valence-electron chi connectivity index (χ1n) is 4.31. The van der Waals surface area contributed by atoms with Crippen molar-refractivity contribution in [2.45, 2.75) is 43.4 Å². The van der Waals surface area contributed by atoms with Crippen LogP contribution in [0.1, 0.15) is 25.7 Å². The van der Waals surface area contributed by atoms with Crippen molar-refractivity contribution in [1.82, 2.24) is 5.32 Å². The van der Waals surface area contributed by atoms with Crippen LogP contribution in [-0.4, -0.2) is 34.5 Å². The molecule has 0 spiro atoms. The van der Waals surface area contributed by atoms with E-state index in [0.717, 1.165) is 25.7 Å². The van der Waals surface area contributed by atoms with Crippen LogP contribution in [0, 0.1) is 0 Å². The summed E-state index contributed by atoms with van der Waals surface area (Å²) in [5.41, 5.74) is -0.781. The molecule has 2 aliphatic rings. The van der Waals surface area contributed by atoms with Crippen LogP contribution in [-0.2, 0) is 0 Å². The molecule has 0 aromatic heterocycles. The van der Waals surface area contributed by atoms with Gasteiger partial charge in [-0.05, 0) is 25.7 Å². The summed E-state index contributed by atoms with van der Waals surface area (Å²) < 4.78 is 0. The maximum atomic E-state index is 9.77. The molecular weight excluding hydrogens is 142 g/mol. The normalized spacial score (nSPS) is 49.6. The minimum Gasteiger partial charge on any atom is -0.393 e. The molecular formula is C8H15NO2. The molecule has 11 heavy (non-hydrogen) atoms. The van der Waals surface area contributed by atoms with Gasteiger partial charge in [-0.25, -0.2) is 0 Å². The van der Waals surface area contributed by atoms with Crippen LogP contribution < -0.4 is 5.32 Å². The standard InChI is InChI=1S/C8H15NO2/c10-5-8(11)3-6-1-2-7(4-8)9-6/h6-7,9-11H,1-5H2. The van der Waals surface area contributed by atoms with E-state index in [4.69, 9.17) is 5.11 Å². The van der Waals surface area contributed by atoms with E-state index in [-0.39, 0.29) is 6.61 Å². The molecule has 3 N–H and O–H groups in total. The lowest BCUT2D eigenvalue weighted by atomic mass is 9.88. The van der Waals surface area contributed by atoms with Crippen molar-refractivity contribution in [2.24, 2.45) is 0 Å². The summed E-state index contributed by atoms with van der Waals surface area (Å²) in [6.07, 6.45) is 3.76. The van der Waals surface area contributed by atoms with Crippen molar-refractivity contribution in [2.75, 3.05) is 6.61 Å². The lowest BCUT2D eigenvalue weighted by Gasteiger charge is -2.35. The Hall–Kier alpha value is -0.120. The first-order chi connectivity index (χ1) is 5.22. The van der Waals surface area contributed by atoms with Crippen LogP contribution in [0.5, 0.6) is 0 Å². The molecule has 2 rings (SSSR count). The Kier molecular flexibility index (Phi) is 1.67. The molecule has 2 atom stereocenters. The number of hydrogen-bond acceptors (Lipinski definition) is 3. The Balaban J connectivity index is 2.07. The van der Waals surface area contributed by atoms with Gasteiger partial charge in [0.25, 0.3) is 0 Å². The van der Waals surface area contributed by atoms with Crippen molar-refractivity contribution < 1.29 is 10.2 Å². The van der Waals surface area contributed by atoms with Crippen LogP contribution >= 0.6 is 0 Å². The summed E-state index contributed by atoms with van der Waals surface area (Å²) in [4.78, 5) is 0. The molecule has 2 unspecified atom stereocenters. The Morgan fingerprint density at radius 1 is 1.27 bits per heavy atom. The van der Waals surface area contributed by atoms with Gasteiger partial charge in [-0.2, -0.15) is 0 Å². The summed E-state index contributed by atoms with van der Waals surface area (Å²) in [5, 5.41) is 22.1. The average Bonchev–Trinajstić information content (AvgIpc) is 2.31. The number of nitrogens with one attached hydrogen (secondary N) is 1.